The number of carbonyl (C=O) groups excluding carboxylic acids is 1. The van der Waals surface area contributed by atoms with E-state index in [1.807, 2.05) is 4.90 Å². The van der Waals surface area contributed by atoms with Crippen molar-refractivity contribution in [2.24, 2.45) is 11.8 Å². The second kappa shape index (κ2) is 5.04. The number of aliphatic hydroxyl groups excluding tert-OH is 1. The standard InChI is InChI=1S/C12H19NO4/c14-10-6-9(7-10)12(17)13-3-1-8(2-4-13)5-11(15)16/h8-10,14H,1-7H2,(H,15,16). The first-order valence-corrected chi connectivity index (χ1v) is 6.25. The van der Waals surface area contributed by atoms with E-state index in [9.17, 15) is 14.7 Å². The largest absolute Gasteiger partial charge is 0.481 e. The van der Waals surface area contributed by atoms with Crippen molar-refractivity contribution in [2.75, 3.05) is 13.1 Å². The van der Waals surface area contributed by atoms with Crippen LogP contribution in [-0.2, 0) is 9.59 Å². The average Bonchev–Trinajstić information content (AvgIpc) is 2.24. The zero-order valence-electron chi connectivity index (χ0n) is 9.84. The van der Waals surface area contributed by atoms with Gasteiger partial charge in [0.15, 0.2) is 0 Å². The number of piperidine rings is 1. The molecule has 0 radical (unpaired) electrons. The van der Waals surface area contributed by atoms with Crippen LogP contribution in [0.3, 0.4) is 0 Å². The van der Waals surface area contributed by atoms with Gasteiger partial charge in [-0.25, -0.2) is 0 Å². The summed E-state index contributed by atoms with van der Waals surface area (Å²) in [5.41, 5.74) is 0. The maximum absolute atomic E-state index is 12.0. The third kappa shape index (κ3) is 2.97. The molecule has 0 unspecified atom stereocenters. The summed E-state index contributed by atoms with van der Waals surface area (Å²) in [6, 6.07) is 0. The van der Waals surface area contributed by atoms with E-state index in [4.69, 9.17) is 5.11 Å². The summed E-state index contributed by atoms with van der Waals surface area (Å²) in [5.74, 6) is -0.398. The van der Waals surface area contributed by atoms with Gasteiger partial charge in [0, 0.05) is 25.4 Å². The summed E-state index contributed by atoms with van der Waals surface area (Å²) < 4.78 is 0. The SMILES string of the molecule is O=C(O)CC1CCN(C(=O)C2CC(O)C2)CC1. The molecule has 96 valence electrons. The molecule has 1 amide bonds. The number of hydrogen-bond donors (Lipinski definition) is 2. The minimum Gasteiger partial charge on any atom is -0.481 e. The molecule has 17 heavy (non-hydrogen) atoms. The van der Waals surface area contributed by atoms with E-state index in [1.54, 1.807) is 0 Å². The van der Waals surface area contributed by atoms with Gasteiger partial charge >= 0.3 is 5.97 Å². The fourth-order valence-corrected chi connectivity index (χ4v) is 2.65. The van der Waals surface area contributed by atoms with Gasteiger partial charge in [-0.2, -0.15) is 0 Å². The fourth-order valence-electron chi connectivity index (χ4n) is 2.65. The highest BCUT2D eigenvalue weighted by molar-refractivity contribution is 5.80. The van der Waals surface area contributed by atoms with Gasteiger partial charge in [-0.3, -0.25) is 9.59 Å². The summed E-state index contributed by atoms with van der Waals surface area (Å²) in [6.07, 6.45) is 2.67. The molecule has 0 aromatic carbocycles. The van der Waals surface area contributed by atoms with Crippen molar-refractivity contribution >= 4 is 11.9 Å². The van der Waals surface area contributed by atoms with Crippen molar-refractivity contribution in [2.45, 2.75) is 38.2 Å². The molecule has 0 aromatic rings. The highest BCUT2D eigenvalue weighted by Gasteiger charge is 2.36. The number of aliphatic carboxylic acids is 1. The minimum absolute atomic E-state index is 0.000948. The van der Waals surface area contributed by atoms with Gasteiger partial charge in [-0.05, 0) is 31.6 Å². The third-order valence-corrected chi connectivity index (χ3v) is 3.85. The van der Waals surface area contributed by atoms with Crippen LogP contribution in [0.4, 0.5) is 0 Å². The number of nitrogens with zero attached hydrogens (tertiary/aromatic N) is 1. The highest BCUT2D eigenvalue weighted by atomic mass is 16.4. The van der Waals surface area contributed by atoms with Crippen LogP contribution in [0.2, 0.25) is 0 Å². The van der Waals surface area contributed by atoms with Crippen molar-refractivity contribution < 1.29 is 19.8 Å². The van der Waals surface area contributed by atoms with Gasteiger partial charge in [0.1, 0.15) is 0 Å². The van der Waals surface area contributed by atoms with Crippen molar-refractivity contribution in [3.8, 4) is 0 Å². The lowest BCUT2D eigenvalue weighted by atomic mass is 9.81. The Kier molecular flexibility index (Phi) is 3.66. The molecule has 2 aliphatic rings. The number of likely N-dealkylation sites (tertiary alicyclic amines) is 1. The number of carbonyl (C=O) groups is 2. The van der Waals surface area contributed by atoms with E-state index in [-0.39, 0.29) is 30.3 Å². The molecule has 1 aliphatic carbocycles. The molecular formula is C12H19NO4. The van der Waals surface area contributed by atoms with E-state index >= 15 is 0 Å². The van der Waals surface area contributed by atoms with Gasteiger partial charge in [0.05, 0.1) is 6.10 Å². The normalized spacial score (nSPS) is 29.8. The maximum atomic E-state index is 12.0. The lowest BCUT2D eigenvalue weighted by molar-refractivity contribution is -0.144. The molecule has 1 saturated carbocycles. The molecule has 0 bridgehead atoms. The monoisotopic (exact) mass is 241 g/mol. The molecule has 5 nitrogen and oxygen atoms in total. The second-order valence-electron chi connectivity index (χ2n) is 5.19. The predicted molar refractivity (Wildman–Crippen MR) is 60.3 cm³/mol. The summed E-state index contributed by atoms with van der Waals surface area (Å²) in [7, 11) is 0. The molecule has 2 fully saturated rings. The zero-order chi connectivity index (χ0) is 12.4. The van der Waals surface area contributed by atoms with Crippen LogP contribution < -0.4 is 0 Å². The molecule has 2 rings (SSSR count). The first-order chi connectivity index (χ1) is 8.06. The molecule has 0 aromatic heterocycles. The average molecular weight is 241 g/mol. The topological polar surface area (TPSA) is 77.8 Å². The molecular weight excluding hydrogens is 222 g/mol. The Morgan fingerprint density at radius 2 is 1.76 bits per heavy atom. The first kappa shape index (κ1) is 12.4. The number of aliphatic hydroxyl groups is 1. The molecule has 2 N–H and O–H groups in total. The number of hydrogen-bond acceptors (Lipinski definition) is 3. The second-order valence-corrected chi connectivity index (χ2v) is 5.19. The van der Waals surface area contributed by atoms with E-state index in [1.165, 1.54) is 0 Å². The van der Waals surface area contributed by atoms with Gasteiger partial charge in [-0.1, -0.05) is 0 Å². The molecule has 0 spiro atoms. The molecule has 5 heteroatoms. The summed E-state index contributed by atoms with van der Waals surface area (Å²) in [5, 5.41) is 17.9. The van der Waals surface area contributed by atoms with Crippen molar-refractivity contribution in [1.82, 2.24) is 4.90 Å². The van der Waals surface area contributed by atoms with Gasteiger partial charge in [-0.15, -0.1) is 0 Å². The van der Waals surface area contributed by atoms with Crippen LogP contribution in [0.15, 0.2) is 0 Å². The Bertz CT molecular complexity index is 304. The van der Waals surface area contributed by atoms with Gasteiger partial charge < -0.3 is 15.1 Å². The lowest BCUT2D eigenvalue weighted by Gasteiger charge is -2.38. The third-order valence-electron chi connectivity index (χ3n) is 3.85. The summed E-state index contributed by atoms with van der Waals surface area (Å²) in [4.78, 5) is 24.4. The van der Waals surface area contributed by atoms with Crippen LogP contribution in [0, 0.1) is 11.8 Å². The first-order valence-electron chi connectivity index (χ1n) is 6.25. The quantitative estimate of drug-likeness (QED) is 0.753. The highest BCUT2D eigenvalue weighted by Crippen LogP contribution is 2.30. The van der Waals surface area contributed by atoms with E-state index < -0.39 is 5.97 Å². The molecule has 0 atom stereocenters. The van der Waals surface area contributed by atoms with Gasteiger partial charge in [0.2, 0.25) is 5.91 Å². The van der Waals surface area contributed by atoms with Crippen LogP contribution in [0.1, 0.15) is 32.1 Å². The predicted octanol–water partition coefficient (Wildman–Crippen LogP) is 0.471. The van der Waals surface area contributed by atoms with Crippen molar-refractivity contribution in [3.05, 3.63) is 0 Å². The van der Waals surface area contributed by atoms with Crippen LogP contribution >= 0.6 is 0 Å². The Balaban J connectivity index is 1.75. The van der Waals surface area contributed by atoms with E-state index in [0.717, 1.165) is 12.8 Å². The van der Waals surface area contributed by atoms with Crippen molar-refractivity contribution in [1.29, 1.82) is 0 Å². The van der Waals surface area contributed by atoms with Crippen LogP contribution in [0.25, 0.3) is 0 Å². The van der Waals surface area contributed by atoms with Crippen LogP contribution in [0.5, 0.6) is 0 Å². The minimum atomic E-state index is -0.753. The smallest absolute Gasteiger partial charge is 0.303 e. The summed E-state index contributed by atoms with van der Waals surface area (Å²) >= 11 is 0. The number of carboxylic acid groups (broad SMARTS) is 1. The molecule has 1 heterocycles. The Morgan fingerprint density at radius 1 is 1.18 bits per heavy atom. The number of rotatable bonds is 3. The Hall–Kier alpha value is -1.10. The maximum Gasteiger partial charge on any atom is 0.303 e. The van der Waals surface area contributed by atoms with E-state index in [0.29, 0.717) is 25.9 Å². The lowest BCUT2D eigenvalue weighted by Crippen LogP contribution is -2.46. The molecule has 1 aliphatic heterocycles. The number of carboxylic acids is 1. The Labute approximate surface area is 100 Å². The van der Waals surface area contributed by atoms with E-state index in [2.05, 4.69) is 0 Å². The fraction of sp³-hybridized carbons (Fsp3) is 0.833. The summed E-state index contributed by atoms with van der Waals surface area (Å²) in [6.45, 7) is 1.34. The van der Waals surface area contributed by atoms with Gasteiger partial charge in [0.25, 0.3) is 0 Å². The van der Waals surface area contributed by atoms with Crippen LogP contribution in [-0.4, -0.2) is 46.2 Å². The molecule has 1 saturated heterocycles. The van der Waals surface area contributed by atoms with Crippen molar-refractivity contribution in [3.63, 3.8) is 0 Å². The Morgan fingerprint density at radius 3 is 2.24 bits per heavy atom. The zero-order valence-corrected chi connectivity index (χ0v) is 9.84. The number of amides is 1.